The molecule has 0 saturated heterocycles. The molecule has 0 aliphatic heterocycles. The Morgan fingerprint density at radius 1 is 1.17 bits per heavy atom. The third-order valence-corrected chi connectivity index (χ3v) is 5.79. The molecule has 0 saturated carbocycles. The summed E-state index contributed by atoms with van der Waals surface area (Å²) in [6, 6.07) is 9.98. The number of hydrogen-bond donors (Lipinski definition) is 1. The van der Waals surface area contributed by atoms with E-state index < -0.39 is 26.7 Å². The number of pyridine rings is 1. The molecule has 0 aliphatic rings. The summed E-state index contributed by atoms with van der Waals surface area (Å²) in [6.07, 6.45) is 6.78. The lowest BCUT2D eigenvalue weighted by molar-refractivity contribution is -0.118. The highest BCUT2D eigenvalue weighted by Crippen LogP contribution is 2.25. The fourth-order valence-corrected chi connectivity index (χ4v) is 4.04. The van der Waals surface area contributed by atoms with Crippen molar-refractivity contribution in [3.05, 3.63) is 71.5 Å². The number of benzene rings is 1. The van der Waals surface area contributed by atoms with Crippen molar-refractivity contribution < 1.29 is 17.9 Å². The number of amides is 1. The number of hydrogen-bond acceptors (Lipinski definition) is 7. The minimum atomic E-state index is -3.62. The Hall–Kier alpha value is -3.53. The molecule has 2 heterocycles. The summed E-state index contributed by atoms with van der Waals surface area (Å²) in [4.78, 5) is 31.6. The quantitative estimate of drug-likeness (QED) is 0.579. The van der Waals surface area contributed by atoms with E-state index in [4.69, 9.17) is 10.5 Å². The first-order chi connectivity index (χ1) is 14.2. The van der Waals surface area contributed by atoms with Gasteiger partial charge in [0.25, 0.3) is 5.56 Å². The molecule has 0 radical (unpaired) electrons. The largest absolute Gasteiger partial charge is 0.438 e. The Labute approximate surface area is 173 Å². The average molecular weight is 428 g/mol. The maximum absolute atomic E-state index is 12.6. The number of sulfone groups is 1. The van der Waals surface area contributed by atoms with Crippen molar-refractivity contribution in [1.82, 2.24) is 14.5 Å². The molecular weight excluding hydrogens is 408 g/mol. The van der Waals surface area contributed by atoms with Crippen LogP contribution in [-0.4, -0.2) is 35.1 Å². The first-order valence-electron chi connectivity index (χ1n) is 8.98. The van der Waals surface area contributed by atoms with E-state index in [0.29, 0.717) is 17.2 Å². The van der Waals surface area contributed by atoms with Gasteiger partial charge in [-0.15, -0.1) is 0 Å². The molecule has 10 heteroatoms. The number of ether oxygens (including phenoxy) is 1. The third-order valence-electron chi connectivity index (χ3n) is 4.34. The van der Waals surface area contributed by atoms with Crippen LogP contribution in [0, 0.1) is 0 Å². The number of nitrogens with two attached hydrogens (primary N) is 1. The van der Waals surface area contributed by atoms with Crippen LogP contribution in [0.25, 0.3) is 11.1 Å². The van der Waals surface area contributed by atoms with Crippen molar-refractivity contribution >= 4 is 15.7 Å². The summed E-state index contributed by atoms with van der Waals surface area (Å²) in [6.45, 7) is 0. The SMILES string of the molecule is CS(=O)(=O)C(CCC(N)=O)n1ccc(-c2ccc(Oc3cnccn3)cc2)cc1=O. The Bertz CT molecular complexity index is 1190. The van der Waals surface area contributed by atoms with Crippen LogP contribution in [0.3, 0.4) is 0 Å². The Morgan fingerprint density at radius 2 is 1.90 bits per heavy atom. The highest BCUT2D eigenvalue weighted by molar-refractivity contribution is 7.90. The van der Waals surface area contributed by atoms with Crippen molar-refractivity contribution in [1.29, 1.82) is 0 Å². The fourth-order valence-electron chi connectivity index (χ4n) is 2.91. The second-order valence-electron chi connectivity index (χ2n) is 6.62. The molecule has 2 aromatic heterocycles. The molecule has 0 bridgehead atoms. The van der Waals surface area contributed by atoms with Crippen LogP contribution in [0.15, 0.2) is 66.0 Å². The summed E-state index contributed by atoms with van der Waals surface area (Å²) in [5, 5.41) is -1.16. The van der Waals surface area contributed by atoms with Gasteiger partial charge >= 0.3 is 0 Å². The minimum Gasteiger partial charge on any atom is -0.438 e. The van der Waals surface area contributed by atoms with Gasteiger partial charge in [0.15, 0.2) is 9.84 Å². The summed E-state index contributed by atoms with van der Waals surface area (Å²) < 4.78 is 30.9. The minimum absolute atomic E-state index is 0.0676. The molecule has 0 spiro atoms. The number of nitrogens with zero attached hydrogens (tertiary/aromatic N) is 3. The maximum Gasteiger partial charge on any atom is 0.252 e. The molecule has 9 nitrogen and oxygen atoms in total. The normalized spacial score (nSPS) is 12.3. The van der Waals surface area contributed by atoms with Crippen molar-refractivity contribution in [2.24, 2.45) is 5.73 Å². The van der Waals surface area contributed by atoms with E-state index in [-0.39, 0.29) is 12.8 Å². The third kappa shape index (κ3) is 5.29. The Kier molecular flexibility index (Phi) is 6.26. The first kappa shape index (κ1) is 21.2. The molecule has 3 rings (SSSR count). The summed E-state index contributed by atoms with van der Waals surface area (Å²) in [5.74, 6) is 0.281. The van der Waals surface area contributed by atoms with Gasteiger partial charge in [-0.3, -0.25) is 19.1 Å². The van der Waals surface area contributed by atoms with Crippen molar-refractivity contribution in [3.8, 4) is 22.8 Å². The van der Waals surface area contributed by atoms with Gasteiger partial charge in [0, 0.05) is 37.3 Å². The van der Waals surface area contributed by atoms with E-state index in [9.17, 15) is 18.0 Å². The fraction of sp³-hybridized carbons (Fsp3) is 0.200. The van der Waals surface area contributed by atoms with Crippen LogP contribution in [0.5, 0.6) is 11.6 Å². The molecule has 2 N–H and O–H groups in total. The van der Waals surface area contributed by atoms with Crippen LogP contribution in [0.4, 0.5) is 0 Å². The van der Waals surface area contributed by atoms with Gasteiger partial charge in [-0.25, -0.2) is 13.4 Å². The molecule has 1 unspecified atom stereocenters. The van der Waals surface area contributed by atoms with Crippen LogP contribution in [0.1, 0.15) is 18.2 Å². The van der Waals surface area contributed by atoms with Crippen molar-refractivity contribution in [2.75, 3.05) is 6.26 Å². The number of aromatic nitrogens is 3. The Balaban J connectivity index is 1.83. The zero-order valence-corrected chi connectivity index (χ0v) is 17.0. The zero-order chi connectivity index (χ0) is 21.7. The molecule has 0 aliphatic carbocycles. The first-order valence-corrected chi connectivity index (χ1v) is 10.9. The predicted octanol–water partition coefficient (Wildman–Crippen LogP) is 1.91. The lowest BCUT2D eigenvalue weighted by atomic mass is 10.1. The lowest BCUT2D eigenvalue weighted by Gasteiger charge is -2.18. The van der Waals surface area contributed by atoms with Crippen LogP contribution >= 0.6 is 0 Å². The summed E-state index contributed by atoms with van der Waals surface area (Å²) in [5.41, 5.74) is 5.99. The van der Waals surface area contributed by atoms with Gasteiger partial charge in [0.05, 0.1) is 6.20 Å². The molecular formula is C20H20N4O5S. The highest BCUT2D eigenvalue weighted by atomic mass is 32.2. The van der Waals surface area contributed by atoms with E-state index in [1.165, 1.54) is 24.7 Å². The summed E-state index contributed by atoms with van der Waals surface area (Å²) >= 11 is 0. The number of rotatable bonds is 8. The van der Waals surface area contributed by atoms with Crippen molar-refractivity contribution in [2.45, 2.75) is 18.2 Å². The van der Waals surface area contributed by atoms with Gasteiger partial charge < -0.3 is 10.5 Å². The second kappa shape index (κ2) is 8.87. The van der Waals surface area contributed by atoms with Gasteiger partial charge in [-0.2, -0.15) is 0 Å². The molecule has 3 aromatic rings. The topological polar surface area (TPSA) is 134 Å². The van der Waals surface area contributed by atoms with Gasteiger partial charge in [0.2, 0.25) is 11.8 Å². The second-order valence-corrected chi connectivity index (χ2v) is 8.82. The van der Waals surface area contributed by atoms with Gasteiger partial charge in [-0.1, -0.05) is 12.1 Å². The van der Waals surface area contributed by atoms with Gasteiger partial charge in [-0.05, 0) is 35.7 Å². The molecule has 30 heavy (non-hydrogen) atoms. The summed E-state index contributed by atoms with van der Waals surface area (Å²) in [7, 11) is -3.62. The van der Waals surface area contributed by atoms with Gasteiger partial charge in [0.1, 0.15) is 11.1 Å². The predicted molar refractivity (Wildman–Crippen MR) is 111 cm³/mol. The lowest BCUT2D eigenvalue weighted by Crippen LogP contribution is -2.29. The number of primary amides is 1. The van der Waals surface area contributed by atoms with Crippen LogP contribution in [0.2, 0.25) is 0 Å². The monoisotopic (exact) mass is 428 g/mol. The van der Waals surface area contributed by atoms with E-state index in [0.717, 1.165) is 16.4 Å². The number of carbonyl (C=O) groups is 1. The Morgan fingerprint density at radius 3 is 2.47 bits per heavy atom. The van der Waals surface area contributed by atoms with E-state index in [1.54, 1.807) is 36.5 Å². The smallest absolute Gasteiger partial charge is 0.252 e. The zero-order valence-electron chi connectivity index (χ0n) is 16.1. The number of carbonyl (C=O) groups excluding carboxylic acids is 1. The van der Waals surface area contributed by atoms with E-state index in [1.807, 2.05) is 0 Å². The van der Waals surface area contributed by atoms with Crippen molar-refractivity contribution in [3.63, 3.8) is 0 Å². The standard InChI is InChI=1S/C20H20N4O5S/c1-30(27,28)20(7-6-17(21)25)24-11-8-15(12-19(24)26)14-2-4-16(5-3-14)29-18-13-22-9-10-23-18/h2-5,8-13,20H,6-7H2,1H3,(H2,21,25). The van der Waals surface area contributed by atoms with E-state index in [2.05, 4.69) is 9.97 Å². The molecule has 1 atom stereocenters. The van der Waals surface area contributed by atoms with Crippen LogP contribution < -0.4 is 16.0 Å². The van der Waals surface area contributed by atoms with Crippen LogP contribution in [-0.2, 0) is 14.6 Å². The molecule has 1 amide bonds. The molecule has 1 aromatic carbocycles. The highest BCUT2D eigenvalue weighted by Gasteiger charge is 2.24. The molecule has 0 fully saturated rings. The molecule has 156 valence electrons. The van der Waals surface area contributed by atoms with E-state index >= 15 is 0 Å². The maximum atomic E-state index is 12.6. The average Bonchev–Trinajstić information content (AvgIpc) is 2.69.